The average molecular weight is 415 g/mol. The Kier molecular flexibility index (Phi) is 5.90. The van der Waals surface area contributed by atoms with Gasteiger partial charge >= 0.3 is 12.1 Å². The van der Waals surface area contributed by atoms with E-state index in [1.165, 1.54) is 0 Å². The molecule has 3 rings (SSSR count). The number of amides is 3. The molecule has 0 bridgehead atoms. The van der Waals surface area contributed by atoms with Gasteiger partial charge in [-0.1, -0.05) is 12.1 Å². The van der Waals surface area contributed by atoms with Crippen molar-refractivity contribution in [3.05, 3.63) is 36.7 Å². The number of fused-ring (bicyclic) bond motifs is 1. The van der Waals surface area contributed by atoms with E-state index in [1.807, 2.05) is 65.8 Å². The van der Waals surface area contributed by atoms with E-state index in [0.717, 1.165) is 10.8 Å². The second-order valence-corrected chi connectivity index (χ2v) is 8.92. The number of anilines is 1. The van der Waals surface area contributed by atoms with E-state index in [0.29, 0.717) is 5.69 Å². The monoisotopic (exact) mass is 414 g/mol. The van der Waals surface area contributed by atoms with E-state index in [9.17, 15) is 9.59 Å². The molecule has 1 aromatic carbocycles. The van der Waals surface area contributed by atoms with Crippen molar-refractivity contribution in [2.24, 2.45) is 0 Å². The number of nitrogens with one attached hydrogen (secondary N) is 2. The fourth-order valence-electron chi connectivity index (χ4n) is 3.72. The van der Waals surface area contributed by atoms with Gasteiger partial charge in [-0.2, -0.15) is 0 Å². The normalized spacial score (nSPS) is 20.8. The molecule has 2 aromatic rings. The maximum absolute atomic E-state index is 12.8. The molecular weight excluding hydrogens is 384 g/mol. The molecule has 1 aliphatic heterocycles. The van der Waals surface area contributed by atoms with E-state index in [2.05, 4.69) is 15.6 Å². The van der Waals surface area contributed by atoms with Crippen molar-refractivity contribution >= 4 is 28.6 Å². The SMILES string of the molecule is C[C@@H]1OC(C)(C)N(C(=O)OC(C)(C)C)[C@@H]1CNC(=O)Nc1cccc2cnccc12. The molecular formula is C22H30N4O4. The summed E-state index contributed by atoms with van der Waals surface area (Å²) in [7, 11) is 0. The van der Waals surface area contributed by atoms with Crippen LogP contribution in [-0.4, -0.2) is 52.0 Å². The lowest BCUT2D eigenvalue weighted by Gasteiger charge is -2.35. The van der Waals surface area contributed by atoms with Gasteiger partial charge in [0.1, 0.15) is 11.3 Å². The minimum absolute atomic E-state index is 0.224. The van der Waals surface area contributed by atoms with Gasteiger partial charge in [0, 0.05) is 29.7 Å². The highest BCUT2D eigenvalue weighted by atomic mass is 16.6. The third-order valence-corrected chi connectivity index (χ3v) is 4.92. The second-order valence-electron chi connectivity index (χ2n) is 8.92. The Morgan fingerprint density at radius 3 is 2.70 bits per heavy atom. The number of benzene rings is 1. The number of ether oxygens (including phenoxy) is 2. The number of hydrogen-bond acceptors (Lipinski definition) is 5. The molecule has 0 aliphatic carbocycles. The van der Waals surface area contributed by atoms with Crippen molar-refractivity contribution < 1.29 is 19.1 Å². The Labute approximate surface area is 176 Å². The zero-order valence-electron chi connectivity index (χ0n) is 18.4. The number of pyridine rings is 1. The first-order valence-electron chi connectivity index (χ1n) is 10.1. The van der Waals surface area contributed by atoms with Crippen molar-refractivity contribution in [1.29, 1.82) is 0 Å². The van der Waals surface area contributed by atoms with Crippen LogP contribution in [0.1, 0.15) is 41.5 Å². The number of hydrogen-bond donors (Lipinski definition) is 2. The standard InChI is InChI=1S/C22H30N4O4/c1-14-18(26(22(5,6)29-14)20(28)30-21(2,3)4)13-24-19(27)25-17-9-7-8-15-12-23-11-10-16(15)17/h7-12,14,18H,13H2,1-6H3,(H2,24,25,27)/t14-,18+/m0/s1. The Morgan fingerprint density at radius 2 is 2.00 bits per heavy atom. The molecule has 0 spiro atoms. The van der Waals surface area contributed by atoms with E-state index < -0.39 is 17.4 Å². The molecule has 2 heterocycles. The topological polar surface area (TPSA) is 92.8 Å². The van der Waals surface area contributed by atoms with Crippen molar-refractivity contribution in [3.63, 3.8) is 0 Å². The lowest BCUT2D eigenvalue weighted by molar-refractivity contribution is -0.0756. The van der Waals surface area contributed by atoms with Crippen LogP contribution in [0.5, 0.6) is 0 Å². The van der Waals surface area contributed by atoms with Gasteiger partial charge in [-0.15, -0.1) is 0 Å². The van der Waals surface area contributed by atoms with Crippen molar-refractivity contribution in [2.75, 3.05) is 11.9 Å². The summed E-state index contributed by atoms with van der Waals surface area (Å²) in [6, 6.07) is 6.75. The summed E-state index contributed by atoms with van der Waals surface area (Å²) in [6.07, 6.45) is 2.70. The highest BCUT2D eigenvalue weighted by molar-refractivity contribution is 6.01. The molecule has 1 saturated heterocycles. The van der Waals surface area contributed by atoms with E-state index in [-0.39, 0.29) is 24.7 Å². The zero-order valence-corrected chi connectivity index (χ0v) is 18.4. The first-order valence-corrected chi connectivity index (χ1v) is 10.1. The first kappa shape index (κ1) is 21.8. The number of carbonyl (C=O) groups excluding carboxylic acids is 2. The van der Waals surface area contributed by atoms with Gasteiger partial charge in [0.15, 0.2) is 0 Å². The van der Waals surface area contributed by atoms with Crippen LogP contribution < -0.4 is 10.6 Å². The number of aromatic nitrogens is 1. The minimum Gasteiger partial charge on any atom is -0.444 e. The highest BCUT2D eigenvalue weighted by Crippen LogP contribution is 2.33. The third-order valence-electron chi connectivity index (χ3n) is 4.92. The largest absolute Gasteiger partial charge is 0.444 e. The van der Waals surface area contributed by atoms with E-state index in [4.69, 9.17) is 9.47 Å². The number of urea groups is 1. The average Bonchev–Trinajstić information content (AvgIpc) is 2.86. The molecule has 2 atom stereocenters. The number of carbonyl (C=O) groups is 2. The van der Waals surface area contributed by atoms with Crippen molar-refractivity contribution in [2.45, 2.75) is 65.0 Å². The smallest absolute Gasteiger partial charge is 0.412 e. The van der Waals surface area contributed by atoms with E-state index in [1.54, 1.807) is 17.3 Å². The van der Waals surface area contributed by atoms with Crippen LogP contribution in [0.3, 0.4) is 0 Å². The van der Waals surface area contributed by atoms with Crippen LogP contribution in [-0.2, 0) is 9.47 Å². The summed E-state index contributed by atoms with van der Waals surface area (Å²) >= 11 is 0. The van der Waals surface area contributed by atoms with Crippen LogP contribution in [0.15, 0.2) is 36.7 Å². The lowest BCUT2D eigenvalue weighted by atomic mass is 10.1. The van der Waals surface area contributed by atoms with Crippen LogP contribution in [0.4, 0.5) is 15.3 Å². The molecule has 1 fully saturated rings. The van der Waals surface area contributed by atoms with Gasteiger partial charge in [-0.25, -0.2) is 9.59 Å². The summed E-state index contributed by atoms with van der Waals surface area (Å²) in [5.74, 6) is 0. The first-order chi connectivity index (χ1) is 14.0. The zero-order chi connectivity index (χ0) is 22.1. The maximum atomic E-state index is 12.8. The van der Waals surface area contributed by atoms with Crippen LogP contribution in [0.2, 0.25) is 0 Å². The van der Waals surface area contributed by atoms with E-state index >= 15 is 0 Å². The molecule has 30 heavy (non-hydrogen) atoms. The second kappa shape index (κ2) is 8.10. The molecule has 0 unspecified atom stereocenters. The minimum atomic E-state index is -0.840. The molecule has 2 N–H and O–H groups in total. The third kappa shape index (κ3) is 4.81. The van der Waals surface area contributed by atoms with Gasteiger partial charge in [0.05, 0.1) is 17.8 Å². The quantitative estimate of drug-likeness (QED) is 0.788. The Morgan fingerprint density at radius 1 is 1.27 bits per heavy atom. The lowest BCUT2D eigenvalue weighted by Crippen LogP contribution is -2.53. The predicted molar refractivity (Wildman–Crippen MR) is 115 cm³/mol. The Hall–Kier alpha value is -2.87. The maximum Gasteiger partial charge on any atom is 0.412 e. The summed E-state index contributed by atoms with van der Waals surface area (Å²) in [4.78, 5) is 31.0. The highest BCUT2D eigenvalue weighted by Gasteiger charge is 2.49. The van der Waals surface area contributed by atoms with Crippen LogP contribution in [0.25, 0.3) is 10.8 Å². The molecule has 162 valence electrons. The summed E-state index contributed by atoms with van der Waals surface area (Å²) in [5.41, 5.74) is -0.780. The summed E-state index contributed by atoms with van der Waals surface area (Å²) in [6.45, 7) is 11.2. The van der Waals surface area contributed by atoms with Crippen LogP contribution >= 0.6 is 0 Å². The molecule has 0 saturated carbocycles. The van der Waals surface area contributed by atoms with Gasteiger partial charge < -0.3 is 20.1 Å². The molecule has 8 heteroatoms. The molecule has 1 aromatic heterocycles. The fraction of sp³-hybridized carbons (Fsp3) is 0.500. The molecule has 8 nitrogen and oxygen atoms in total. The van der Waals surface area contributed by atoms with Crippen LogP contribution in [0, 0.1) is 0 Å². The van der Waals surface area contributed by atoms with Gasteiger partial charge in [0.25, 0.3) is 0 Å². The predicted octanol–water partition coefficient (Wildman–Crippen LogP) is 4.12. The Bertz CT molecular complexity index is 933. The number of rotatable bonds is 3. The van der Waals surface area contributed by atoms with Gasteiger partial charge in [-0.3, -0.25) is 9.88 Å². The molecule has 3 amide bonds. The molecule has 1 aliphatic rings. The summed E-state index contributed by atoms with van der Waals surface area (Å²) in [5, 5.41) is 7.57. The number of nitrogens with zero attached hydrogens (tertiary/aromatic N) is 2. The van der Waals surface area contributed by atoms with Crippen molar-refractivity contribution in [3.8, 4) is 0 Å². The molecule has 0 radical (unpaired) electrons. The fourth-order valence-corrected chi connectivity index (χ4v) is 3.72. The van der Waals surface area contributed by atoms with Gasteiger partial charge in [-0.05, 0) is 53.7 Å². The summed E-state index contributed by atoms with van der Waals surface area (Å²) < 4.78 is 11.5. The van der Waals surface area contributed by atoms with Gasteiger partial charge in [0.2, 0.25) is 0 Å². The van der Waals surface area contributed by atoms with Crippen molar-refractivity contribution in [1.82, 2.24) is 15.2 Å². The Balaban J connectivity index is 1.69.